The summed E-state index contributed by atoms with van der Waals surface area (Å²) in [4.78, 5) is 0. The molecule has 0 saturated carbocycles. The van der Waals surface area contributed by atoms with Gasteiger partial charge in [0.25, 0.3) is 0 Å². The third kappa shape index (κ3) is 1.72. The fraction of sp³-hybridized carbons (Fsp3) is 0.222. The second-order valence-electron chi connectivity index (χ2n) is 3.20. The standard InChI is InChI=1S/C9H9BrN4O/c1-4-3-6(5(2)13-12-4)8-7(10)9(11)14-15-8/h3H,1-2H3,(H2,11,14). The van der Waals surface area contributed by atoms with E-state index in [1.165, 1.54) is 0 Å². The Morgan fingerprint density at radius 3 is 2.67 bits per heavy atom. The van der Waals surface area contributed by atoms with Crippen LogP contribution in [0.4, 0.5) is 5.82 Å². The van der Waals surface area contributed by atoms with Crippen molar-refractivity contribution < 1.29 is 4.52 Å². The quantitative estimate of drug-likeness (QED) is 0.857. The summed E-state index contributed by atoms with van der Waals surface area (Å²) in [5.74, 6) is 0.918. The molecule has 0 unspecified atom stereocenters. The molecule has 15 heavy (non-hydrogen) atoms. The number of nitrogens with two attached hydrogens (primary N) is 1. The van der Waals surface area contributed by atoms with Crippen LogP contribution >= 0.6 is 15.9 Å². The van der Waals surface area contributed by atoms with Gasteiger partial charge in [-0.15, -0.1) is 0 Å². The molecule has 0 aliphatic carbocycles. The van der Waals surface area contributed by atoms with E-state index in [1.54, 1.807) is 0 Å². The van der Waals surface area contributed by atoms with Crippen molar-refractivity contribution in [3.05, 3.63) is 21.9 Å². The number of aryl methyl sites for hydroxylation is 2. The van der Waals surface area contributed by atoms with Gasteiger partial charge in [0.1, 0.15) is 4.47 Å². The van der Waals surface area contributed by atoms with Crippen LogP contribution in [0, 0.1) is 13.8 Å². The van der Waals surface area contributed by atoms with Gasteiger partial charge in [-0.2, -0.15) is 10.2 Å². The first kappa shape index (κ1) is 10.1. The van der Waals surface area contributed by atoms with Crippen LogP contribution in [0.15, 0.2) is 15.1 Å². The molecule has 2 aromatic rings. The zero-order valence-electron chi connectivity index (χ0n) is 8.28. The minimum atomic E-state index is 0.332. The highest BCUT2D eigenvalue weighted by molar-refractivity contribution is 9.10. The summed E-state index contributed by atoms with van der Waals surface area (Å²) in [6.07, 6.45) is 0. The van der Waals surface area contributed by atoms with Gasteiger partial charge in [0.05, 0.1) is 11.4 Å². The fourth-order valence-corrected chi connectivity index (χ4v) is 1.60. The molecule has 2 aromatic heterocycles. The molecular formula is C9H9BrN4O. The van der Waals surface area contributed by atoms with Crippen molar-refractivity contribution in [1.82, 2.24) is 15.4 Å². The predicted octanol–water partition coefficient (Wildman–Crippen LogP) is 2.09. The van der Waals surface area contributed by atoms with Crippen LogP contribution in [-0.4, -0.2) is 15.4 Å². The van der Waals surface area contributed by atoms with Gasteiger partial charge < -0.3 is 10.3 Å². The minimum Gasteiger partial charge on any atom is -0.380 e. The van der Waals surface area contributed by atoms with Gasteiger partial charge in [-0.3, -0.25) is 0 Å². The first-order valence-corrected chi connectivity index (χ1v) is 5.11. The lowest BCUT2D eigenvalue weighted by Crippen LogP contribution is -1.93. The Hall–Kier alpha value is -1.43. The second kappa shape index (κ2) is 3.62. The zero-order valence-corrected chi connectivity index (χ0v) is 9.87. The van der Waals surface area contributed by atoms with Crippen LogP contribution in [0.3, 0.4) is 0 Å². The Balaban J connectivity index is 2.63. The third-order valence-corrected chi connectivity index (χ3v) is 2.77. The summed E-state index contributed by atoms with van der Waals surface area (Å²) in [6, 6.07) is 1.88. The molecule has 0 bridgehead atoms. The molecule has 0 aliphatic heterocycles. The van der Waals surface area contributed by atoms with Crippen molar-refractivity contribution in [3.8, 4) is 11.3 Å². The molecule has 0 saturated heterocycles. The maximum absolute atomic E-state index is 5.58. The minimum absolute atomic E-state index is 0.332. The van der Waals surface area contributed by atoms with Crippen molar-refractivity contribution in [1.29, 1.82) is 0 Å². The highest BCUT2D eigenvalue weighted by Gasteiger charge is 2.16. The first-order chi connectivity index (χ1) is 7.09. The molecule has 2 rings (SSSR count). The highest BCUT2D eigenvalue weighted by Crippen LogP contribution is 2.33. The molecule has 2 heterocycles. The molecule has 0 aromatic carbocycles. The van der Waals surface area contributed by atoms with E-state index in [0.717, 1.165) is 17.0 Å². The number of nitrogens with zero attached hydrogens (tertiary/aromatic N) is 3. The van der Waals surface area contributed by atoms with Crippen LogP contribution in [0.5, 0.6) is 0 Å². The molecule has 0 aliphatic rings. The number of anilines is 1. The van der Waals surface area contributed by atoms with Crippen LogP contribution < -0.4 is 5.73 Å². The summed E-state index contributed by atoms with van der Waals surface area (Å²) in [5, 5.41) is 11.6. The van der Waals surface area contributed by atoms with E-state index >= 15 is 0 Å². The van der Waals surface area contributed by atoms with Crippen molar-refractivity contribution in [2.45, 2.75) is 13.8 Å². The smallest absolute Gasteiger partial charge is 0.185 e. The zero-order chi connectivity index (χ0) is 11.0. The molecule has 78 valence electrons. The van der Waals surface area contributed by atoms with Crippen LogP contribution in [0.25, 0.3) is 11.3 Å². The van der Waals surface area contributed by atoms with E-state index in [9.17, 15) is 0 Å². The lowest BCUT2D eigenvalue weighted by Gasteiger charge is -2.01. The largest absolute Gasteiger partial charge is 0.380 e. The average molecular weight is 269 g/mol. The topological polar surface area (TPSA) is 77.8 Å². The number of halogens is 1. The molecule has 5 nitrogen and oxygen atoms in total. The van der Waals surface area contributed by atoms with Crippen molar-refractivity contribution in [2.75, 3.05) is 5.73 Å². The van der Waals surface area contributed by atoms with Crippen molar-refractivity contribution >= 4 is 21.7 Å². The summed E-state index contributed by atoms with van der Waals surface area (Å²) in [6.45, 7) is 3.72. The van der Waals surface area contributed by atoms with E-state index in [1.807, 2.05) is 19.9 Å². The molecule has 6 heteroatoms. The maximum atomic E-state index is 5.58. The van der Waals surface area contributed by atoms with Gasteiger partial charge in [0.15, 0.2) is 11.6 Å². The van der Waals surface area contributed by atoms with Gasteiger partial charge in [-0.05, 0) is 35.8 Å². The van der Waals surface area contributed by atoms with E-state index < -0.39 is 0 Å². The normalized spacial score (nSPS) is 10.6. The number of aromatic nitrogens is 3. The second-order valence-corrected chi connectivity index (χ2v) is 3.99. The Bertz CT molecular complexity index is 509. The molecule has 0 atom stereocenters. The van der Waals surface area contributed by atoms with E-state index in [2.05, 4.69) is 31.3 Å². The molecule has 0 amide bonds. The van der Waals surface area contributed by atoms with Gasteiger partial charge in [-0.1, -0.05) is 5.16 Å². The van der Waals surface area contributed by atoms with Crippen molar-refractivity contribution in [2.24, 2.45) is 0 Å². The van der Waals surface area contributed by atoms with Crippen molar-refractivity contribution in [3.63, 3.8) is 0 Å². The molecule has 0 spiro atoms. The summed E-state index contributed by atoms with van der Waals surface area (Å²) < 4.78 is 5.78. The Labute approximate surface area is 94.8 Å². The molecular weight excluding hydrogens is 260 g/mol. The lowest BCUT2D eigenvalue weighted by molar-refractivity contribution is 0.435. The van der Waals surface area contributed by atoms with Crippen LogP contribution in [0.2, 0.25) is 0 Å². The number of nitrogen functional groups attached to an aromatic ring is 1. The first-order valence-electron chi connectivity index (χ1n) is 4.31. The Kier molecular flexibility index (Phi) is 2.44. The fourth-order valence-electron chi connectivity index (χ4n) is 1.24. The molecule has 0 fully saturated rings. The molecule has 0 radical (unpaired) electrons. The number of hydrogen-bond acceptors (Lipinski definition) is 5. The Morgan fingerprint density at radius 2 is 2.07 bits per heavy atom. The highest BCUT2D eigenvalue weighted by atomic mass is 79.9. The van der Waals surface area contributed by atoms with Crippen LogP contribution in [0.1, 0.15) is 11.4 Å². The lowest BCUT2D eigenvalue weighted by atomic mass is 10.1. The summed E-state index contributed by atoms with van der Waals surface area (Å²) >= 11 is 3.32. The SMILES string of the molecule is Cc1cc(-c2onc(N)c2Br)c(C)nn1. The van der Waals surface area contributed by atoms with E-state index in [4.69, 9.17) is 10.3 Å². The monoisotopic (exact) mass is 268 g/mol. The number of hydrogen-bond donors (Lipinski definition) is 1. The van der Waals surface area contributed by atoms with Gasteiger partial charge >= 0.3 is 0 Å². The molecule has 2 N–H and O–H groups in total. The van der Waals surface area contributed by atoms with Crippen LogP contribution in [-0.2, 0) is 0 Å². The van der Waals surface area contributed by atoms with Gasteiger partial charge in [0, 0.05) is 5.56 Å². The van der Waals surface area contributed by atoms with E-state index in [0.29, 0.717) is 16.1 Å². The predicted molar refractivity (Wildman–Crippen MR) is 59.1 cm³/mol. The third-order valence-electron chi connectivity index (χ3n) is 2.00. The number of rotatable bonds is 1. The summed E-state index contributed by atoms with van der Waals surface area (Å²) in [5.41, 5.74) is 8.02. The average Bonchev–Trinajstić information content (AvgIpc) is 2.52. The van der Waals surface area contributed by atoms with Gasteiger partial charge in [0.2, 0.25) is 0 Å². The maximum Gasteiger partial charge on any atom is 0.185 e. The van der Waals surface area contributed by atoms with Gasteiger partial charge in [-0.25, -0.2) is 0 Å². The van der Waals surface area contributed by atoms with E-state index in [-0.39, 0.29) is 0 Å². The summed E-state index contributed by atoms with van der Waals surface area (Å²) in [7, 11) is 0. The Morgan fingerprint density at radius 1 is 1.33 bits per heavy atom.